The first-order chi connectivity index (χ1) is 9.17. The second-order valence-corrected chi connectivity index (χ2v) is 7.27. The summed E-state index contributed by atoms with van der Waals surface area (Å²) in [5, 5.41) is 0. The average Bonchev–Trinajstić information content (AvgIpc) is 2.25. The van der Waals surface area contributed by atoms with Gasteiger partial charge in [-0.3, -0.25) is 4.90 Å². The molecule has 0 saturated carbocycles. The van der Waals surface area contributed by atoms with Crippen LogP contribution in [0.2, 0.25) is 0 Å². The lowest BCUT2D eigenvalue weighted by Crippen LogP contribution is -2.56. The summed E-state index contributed by atoms with van der Waals surface area (Å²) < 4.78 is 6.10. The number of hydrogen-bond acceptors (Lipinski definition) is 3. The number of hydrogen-bond donors (Lipinski definition) is 1. The van der Waals surface area contributed by atoms with Gasteiger partial charge in [-0.05, 0) is 33.3 Å². The van der Waals surface area contributed by atoms with E-state index in [1.54, 1.807) is 0 Å². The minimum absolute atomic E-state index is 0.111. The van der Waals surface area contributed by atoms with Crippen molar-refractivity contribution in [2.75, 3.05) is 13.1 Å². The van der Waals surface area contributed by atoms with Crippen molar-refractivity contribution in [3.63, 3.8) is 0 Å². The van der Waals surface area contributed by atoms with E-state index in [1.807, 2.05) is 12.1 Å². The molecule has 0 radical (unpaired) electrons. The molecule has 1 aliphatic rings. The van der Waals surface area contributed by atoms with Crippen LogP contribution in [0.3, 0.4) is 0 Å². The standard InChI is InChI=1S/C16H24N2OS/c1-15(2)10-18(11-16(3,4)19-15)9-12-5-7-13(8-6-12)14(17)20/h5-8H,9-11H2,1-4H3,(H2,17,20). The van der Waals surface area contributed by atoms with Gasteiger partial charge in [0.1, 0.15) is 4.99 Å². The second kappa shape index (κ2) is 5.43. The SMILES string of the molecule is CC1(C)CN(Cc2ccc(C(N)=S)cc2)CC(C)(C)O1. The van der Waals surface area contributed by atoms with Crippen LogP contribution < -0.4 is 5.73 Å². The molecule has 0 spiro atoms. The Morgan fingerprint density at radius 3 is 2.10 bits per heavy atom. The molecule has 20 heavy (non-hydrogen) atoms. The topological polar surface area (TPSA) is 38.5 Å². The summed E-state index contributed by atoms with van der Waals surface area (Å²) >= 11 is 4.98. The first-order valence-corrected chi connectivity index (χ1v) is 7.39. The summed E-state index contributed by atoms with van der Waals surface area (Å²) in [5.74, 6) is 0. The van der Waals surface area contributed by atoms with Crippen molar-refractivity contribution in [1.82, 2.24) is 4.90 Å². The van der Waals surface area contributed by atoms with E-state index in [1.165, 1.54) is 5.56 Å². The van der Waals surface area contributed by atoms with Crippen LogP contribution in [0.1, 0.15) is 38.8 Å². The van der Waals surface area contributed by atoms with Crippen molar-refractivity contribution >= 4 is 17.2 Å². The smallest absolute Gasteiger partial charge is 0.103 e. The third-order valence-electron chi connectivity index (χ3n) is 3.41. The molecule has 1 heterocycles. The van der Waals surface area contributed by atoms with Gasteiger partial charge < -0.3 is 10.5 Å². The molecule has 0 bridgehead atoms. The van der Waals surface area contributed by atoms with Gasteiger partial charge >= 0.3 is 0 Å². The number of ether oxygens (including phenoxy) is 1. The van der Waals surface area contributed by atoms with E-state index in [-0.39, 0.29) is 11.2 Å². The summed E-state index contributed by atoms with van der Waals surface area (Å²) in [4.78, 5) is 2.89. The van der Waals surface area contributed by atoms with Crippen LogP contribution in [-0.2, 0) is 11.3 Å². The molecule has 110 valence electrons. The van der Waals surface area contributed by atoms with Gasteiger partial charge in [0.25, 0.3) is 0 Å². The molecule has 1 aromatic carbocycles. The molecule has 1 saturated heterocycles. The monoisotopic (exact) mass is 292 g/mol. The highest BCUT2D eigenvalue weighted by molar-refractivity contribution is 7.80. The van der Waals surface area contributed by atoms with Gasteiger partial charge in [0, 0.05) is 25.2 Å². The molecule has 1 aliphatic heterocycles. The lowest BCUT2D eigenvalue weighted by Gasteiger charge is -2.47. The number of thiocarbonyl (C=S) groups is 1. The maximum absolute atomic E-state index is 6.10. The summed E-state index contributed by atoms with van der Waals surface area (Å²) in [6.07, 6.45) is 0. The lowest BCUT2D eigenvalue weighted by molar-refractivity contribution is -0.182. The maximum Gasteiger partial charge on any atom is 0.103 e. The highest BCUT2D eigenvalue weighted by atomic mass is 32.1. The zero-order valence-corrected chi connectivity index (χ0v) is 13.6. The second-order valence-electron chi connectivity index (χ2n) is 6.83. The van der Waals surface area contributed by atoms with Gasteiger partial charge in [0.15, 0.2) is 0 Å². The Morgan fingerprint density at radius 1 is 1.15 bits per heavy atom. The van der Waals surface area contributed by atoms with Gasteiger partial charge in [0.05, 0.1) is 11.2 Å². The van der Waals surface area contributed by atoms with Gasteiger partial charge in [-0.15, -0.1) is 0 Å². The summed E-state index contributed by atoms with van der Waals surface area (Å²) in [6, 6.07) is 8.19. The lowest BCUT2D eigenvalue weighted by atomic mass is 9.98. The molecule has 4 heteroatoms. The van der Waals surface area contributed by atoms with Crippen molar-refractivity contribution in [2.45, 2.75) is 45.4 Å². The van der Waals surface area contributed by atoms with Crippen LogP contribution in [-0.4, -0.2) is 34.2 Å². The predicted molar refractivity (Wildman–Crippen MR) is 86.8 cm³/mol. The van der Waals surface area contributed by atoms with Crippen LogP contribution in [0.5, 0.6) is 0 Å². The molecule has 2 rings (SSSR count). The normalized spacial score (nSPS) is 21.6. The van der Waals surface area contributed by atoms with Gasteiger partial charge in [-0.1, -0.05) is 36.5 Å². The molecule has 3 nitrogen and oxygen atoms in total. The number of morpholine rings is 1. The van der Waals surface area contributed by atoms with E-state index in [4.69, 9.17) is 22.7 Å². The Labute approximate surface area is 127 Å². The Hall–Kier alpha value is -0.970. The third-order valence-corrected chi connectivity index (χ3v) is 3.64. The zero-order chi connectivity index (χ0) is 15.0. The molecular weight excluding hydrogens is 268 g/mol. The highest BCUT2D eigenvalue weighted by Gasteiger charge is 2.37. The van der Waals surface area contributed by atoms with Crippen LogP contribution in [0.4, 0.5) is 0 Å². The number of nitrogens with two attached hydrogens (primary N) is 1. The van der Waals surface area contributed by atoms with Gasteiger partial charge in [-0.25, -0.2) is 0 Å². The number of benzene rings is 1. The van der Waals surface area contributed by atoms with Crippen molar-refractivity contribution < 1.29 is 4.74 Å². The minimum Gasteiger partial charge on any atom is -0.389 e. The van der Waals surface area contributed by atoms with Crippen LogP contribution in [0.15, 0.2) is 24.3 Å². The van der Waals surface area contributed by atoms with Crippen LogP contribution >= 0.6 is 12.2 Å². The van der Waals surface area contributed by atoms with Crippen molar-refractivity contribution in [3.05, 3.63) is 35.4 Å². The molecule has 2 N–H and O–H groups in total. The summed E-state index contributed by atoms with van der Waals surface area (Å²) in [5.41, 5.74) is 7.60. The van der Waals surface area contributed by atoms with Gasteiger partial charge in [-0.2, -0.15) is 0 Å². The van der Waals surface area contributed by atoms with E-state index in [9.17, 15) is 0 Å². The minimum atomic E-state index is -0.111. The highest BCUT2D eigenvalue weighted by Crippen LogP contribution is 2.28. The fraction of sp³-hybridized carbons (Fsp3) is 0.562. The summed E-state index contributed by atoms with van der Waals surface area (Å²) in [7, 11) is 0. The molecule has 1 aromatic rings. The maximum atomic E-state index is 6.10. The Balaban J connectivity index is 2.07. The van der Waals surface area contributed by atoms with E-state index in [0.29, 0.717) is 4.99 Å². The molecule has 0 aromatic heterocycles. The van der Waals surface area contributed by atoms with Crippen molar-refractivity contribution in [1.29, 1.82) is 0 Å². The average molecular weight is 292 g/mol. The van der Waals surface area contributed by atoms with Crippen molar-refractivity contribution in [3.8, 4) is 0 Å². The Bertz CT molecular complexity index is 478. The fourth-order valence-corrected chi connectivity index (χ4v) is 3.23. The molecule has 0 amide bonds. The largest absolute Gasteiger partial charge is 0.389 e. The fourth-order valence-electron chi connectivity index (χ4n) is 3.09. The van der Waals surface area contributed by atoms with E-state index in [0.717, 1.165) is 25.2 Å². The van der Waals surface area contributed by atoms with Crippen LogP contribution in [0, 0.1) is 0 Å². The molecule has 1 fully saturated rings. The predicted octanol–water partition coefficient (Wildman–Crippen LogP) is 2.71. The number of nitrogens with zero attached hydrogens (tertiary/aromatic N) is 1. The summed E-state index contributed by atoms with van der Waals surface area (Å²) in [6.45, 7) is 11.4. The first-order valence-electron chi connectivity index (χ1n) is 6.98. The first kappa shape index (κ1) is 15.4. The molecular formula is C16H24N2OS. The van der Waals surface area contributed by atoms with E-state index in [2.05, 4.69) is 44.7 Å². The third kappa shape index (κ3) is 4.01. The van der Waals surface area contributed by atoms with Gasteiger partial charge in [0.2, 0.25) is 0 Å². The van der Waals surface area contributed by atoms with Crippen LogP contribution in [0.25, 0.3) is 0 Å². The molecule has 0 aliphatic carbocycles. The van der Waals surface area contributed by atoms with Crippen molar-refractivity contribution in [2.24, 2.45) is 5.73 Å². The molecule has 0 atom stereocenters. The quantitative estimate of drug-likeness (QED) is 0.869. The van der Waals surface area contributed by atoms with E-state index >= 15 is 0 Å². The Morgan fingerprint density at radius 2 is 1.65 bits per heavy atom. The Kier molecular flexibility index (Phi) is 4.19. The zero-order valence-electron chi connectivity index (χ0n) is 12.8. The molecule has 0 unspecified atom stereocenters. The van der Waals surface area contributed by atoms with E-state index < -0.39 is 0 Å². The number of rotatable bonds is 3.